The third kappa shape index (κ3) is 6.50. The number of fused-ring (bicyclic) bond motifs is 1. The van der Waals surface area contributed by atoms with Crippen LogP contribution in [0.2, 0.25) is 0 Å². The molecule has 0 atom stereocenters. The third-order valence-corrected chi connectivity index (χ3v) is 5.74. The van der Waals surface area contributed by atoms with Crippen molar-refractivity contribution in [3.05, 3.63) is 53.5 Å². The molecule has 0 aliphatic rings. The molecule has 0 unspecified atom stereocenters. The minimum absolute atomic E-state index is 0.168. The zero-order valence-corrected chi connectivity index (χ0v) is 16.9. The second-order valence-electron chi connectivity index (χ2n) is 6.01. The van der Waals surface area contributed by atoms with Gasteiger partial charge in [-0.25, -0.2) is 4.98 Å². The molecule has 152 valence electrons. The van der Waals surface area contributed by atoms with Crippen molar-refractivity contribution in [3.8, 4) is 0 Å². The normalized spacial score (nSPS) is 11.0. The molecule has 0 radical (unpaired) electrons. The first-order valence-electron chi connectivity index (χ1n) is 8.85. The Morgan fingerprint density at radius 2 is 1.90 bits per heavy atom. The van der Waals surface area contributed by atoms with Crippen LogP contribution in [0.25, 0.3) is 10.2 Å². The smallest absolute Gasteiger partial charge is 0.306 e. The summed E-state index contributed by atoms with van der Waals surface area (Å²) in [5, 5.41) is 3.44. The van der Waals surface area contributed by atoms with Gasteiger partial charge < -0.3 is 10.1 Å². The number of alkyl halides is 2. The topological polar surface area (TPSA) is 68.3 Å². The Morgan fingerprint density at radius 1 is 1.14 bits per heavy atom. The van der Waals surface area contributed by atoms with Gasteiger partial charge in [0.25, 0.3) is 11.7 Å². The van der Waals surface area contributed by atoms with Gasteiger partial charge in [0.1, 0.15) is 0 Å². The Hall–Kier alpha value is -2.52. The van der Waals surface area contributed by atoms with Crippen LogP contribution < -0.4 is 5.32 Å². The summed E-state index contributed by atoms with van der Waals surface area (Å²) in [5.74, 6) is -3.66. The van der Waals surface area contributed by atoms with E-state index in [0.29, 0.717) is 24.6 Å². The Morgan fingerprint density at radius 3 is 2.69 bits per heavy atom. The van der Waals surface area contributed by atoms with E-state index in [1.165, 1.54) is 12.1 Å². The predicted molar refractivity (Wildman–Crippen MR) is 110 cm³/mol. The van der Waals surface area contributed by atoms with E-state index in [-0.39, 0.29) is 17.0 Å². The van der Waals surface area contributed by atoms with Crippen LogP contribution in [0.4, 0.5) is 14.5 Å². The maximum Gasteiger partial charge on any atom is 0.306 e. The highest BCUT2D eigenvalue weighted by Crippen LogP contribution is 2.31. The lowest BCUT2D eigenvalue weighted by Gasteiger charge is -2.10. The molecule has 29 heavy (non-hydrogen) atoms. The number of para-hydroxylation sites is 2. The summed E-state index contributed by atoms with van der Waals surface area (Å²) < 4.78 is 31.2. The van der Waals surface area contributed by atoms with Crippen LogP contribution in [0.1, 0.15) is 17.8 Å². The molecule has 0 spiro atoms. The fourth-order valence-corrected chi connectivity index (χ4v) is 4.19. The summed E-state index contributed by atoms with van der Waals surface area (Å²) in [7, 11) is 0. The fourth-order valence-electron chi connectivity index (χ4n) is 2.58. The Labute approximate surface area is 174 Å². The number of ether oxygens (including phenoxy) is 1. The van der Waals surface area contributed by atoms with Crippen LogP contribution in [-0.4, -0.2) is 29.2 Å². The van der Waals surface area contributed by atoms with E-state index in [4.69, 9.17) is 4.74 Å². The summed E-state index contributed by atoms with van der Waals surface area (Å²) in [5.41, 5.74) is 1.20. The molecule has 3 aromatic rings. The van der Waals surface area contributed by atoms with Gasteiger partial charge in [-0.1, -0.05) is 36.0 Å². The van der Waals surface area contributed by atoms with E-state index in [1.807, 2.05) is 24.3 Å². The molecule has 0 bridgehead atoms. The Kier molecular flexibility index (Phi) is 7.54. The molecule has 0 saturated heterocycles. The highest BCUT2D eigenvalue weighted by Gasteiger charge is 2.13. The molecule has 0 saturated carbocycles. The summed E-state index contributed by atoms with van der Waals surface area (Å²) in [4.78, 5) is 28.6. The van der Waals surface area contributed by atoms with Crippen LogP contribution in [-0.2, 0) is 20.7 Å². The third-order valence-electron chi connectivity index (χ3n) is 3.85. The SMILES string of the molecule is O=C(COC(=O)CCCc1nc2ccccc2s1)Nc1ccccc1SC(F)F. The number of benzene rings is 2. The number of carbonyl (C=O) groups is 2. The molecule has 5 nitrogen and oxygen atoms in total. The van der Waals surface area contributed by atoms with E-state index in [0.717, 1.165) is 15.2 Å². The number of halogens is 2. The summed E-state index contributed by atoms with van der Waals surface area (Å²) in [6.45, 7) is -0.465. The first kappa shape index (κ1) is 21.2. The first-order valence-corrected chi connectivity index (χ1v) is 10.5. The zero-order chi connectivity index (χ0) is 20.6. The molecule has 1 amide bonds. The molecule has 0 aliphatic heterocycles. The Balaban J connectivity index is 1.40. The molecule has 0 aliphatic carbocycles. The van der Waals surface area contributed by atoms with E-state index in [2.05, 4.69) is 10.3 Å². The number of thiazole rings is 1. The molecular weight excluding hydrogens is 418 g/mol. The molecule has 1 heterocycles. The van der Waals surface area contributed by atoms with Crippen LogP contribution in [0.5, 0.6) is 0 Å². The average Bonchev–Trinajstić information content (AvgIpc) is 3.10. The minimum Gasteiger partial charge on any atom is -0.456 e. The predicted octanol–water partition coefficient (Wildman–Crippen LogP) is 5.12. The number of nitrogens with zero attached hydrogens (tertiary/aromatic N) is 1. The van der Waals surface area contributed by atoms with Gasteiger partial charge in [-0.15, -0.1) is 11.3 Å². The number of hydrogen-bond acceptors (Lipinski definition) is 6. The van der Waals surface area contributed by atoms with Crippen molar-refractivity contribution < 1.29 is 23.1 Å². The summed E-state index contributed by atoms with van der Waals surface area (Å²) in [6.07, 6.45) is 1.38. The van der Waals surface area contributed by atoms with Crippen molar-refractivity contribution in [1.82, 2.24) is 4.98 Å². The molecule has 0 fully saturated rings. The molecule has 3 rings (SSSR count). The largest absolute Gasteiger partial charge is 0.456 e. The zero-order valence-electron chi connectivity index (χ0n) is 15.3. The van der Waals surface area contributed by atoms with Gasteiger partial charge in [0.15, 0.2) is 6.61 Å². The van der Waals surface area contributed by atoms with Crippen molar-refractivity contribution in [1.29, 1.82) is 0 Å². The fraction of sp³-hybridized carbons (Fsp3) is 0.250. The van der Waals surface area contributed by atoms with Crippen LogP contribution in [0.3, 0.4) is 0 Å². The lowest BCUT2D eigenvalue weighted by Crippen LogP contribution is -2.21. The second kappa shape index (κ2) is 10.3. The second-order valence-corrected chi connectivity index (χ2v) is 8.16. The number of rotatable bonds is 9. The van der Waals surface area contributed by atoms with Crippen LogP contribution in [0, 0.1) is 0 Å². The number of hydrogen-bond donors (Lipinski definition) is 1. The summed E-state index contributed by atoms with van der Waals surface area (Å²) >= 11 is 1.93. The number of carbonyl (C=O) groups excluding carboxylic acids is 2. The van der Waals surface area contributed by atoms with E-state index >= 15 is 0 Å². The Bertz CT molecular complexity index is 962. The monoisotopic (exact) mass is 436 g/mol. The van der Waals surface area contributed by atoms with Crippen molar-refractivity contribution >= 4 is 50.9 Å². The van der Waals surface area contributed by atoms with Crippen molar-refractivity contribution in [3.63, 3.8) is 0 Å². The quantitative estimate of drug-likeness (QED) is 0.373. The van der Waals surface area contributed by atoms with Gasteiger partial charge in [-0.2, -0.15) is 8.78 Å². The minimum atomic E-state index is -2.60. The highest BCUT2D eigenvalue weighted by molar-refractivity contribution is 7.99. The average molecular weight is 437 g/mol. The molecule has 1 aromatic heterocycles. The maximum atomic E-state index is 12.6. The number of anilines is 1. The van der Waals surface area contributed by atoms with Crippen LogP contribution in [0.15, 0.2) is 53.4 Å². The van der Waals surface area contributed by atoms with Crippen molar-refractivity contribution in [2.24, 2.45) is 0 Å². The lowest BCUT2D eigenvalue weighted by atomic mass is 10.2. The first-order chi connectivity index (χ1) is 14.0. The van der Waals surface area contributed by atoms with E-state index < -0.39 is 24.2 Å². The molecular formula is C20H18F2N2O3S2. The van der Waals surface area contributed by atoms with Gasteiger partial charge in [0, 0.05) is 11.3 Å². The molecule has 9 heteroatoms. The van der Waals surface area contributed by atoms with Gasteiger partial charge in [-0.05, 0) is 37.1 Å². The van der Waals surface area contributed by atoms with E-state index in [1.54, 1.807) is 23.5 Å². The number of amides is 1. The molecule has 1 N–H and O–H groups in total. The van der Waals surface area contributed by atoms with Gasteiger partial charge >= 0.3 is 5.97 Å². The highest BCUT2D eigenvalue weighted by atomic mass is 32.2. The van der Waals surface area contributed by atoms with E-state index in [9.17, 15) is 18.4 Å². The standard InChI is InChI=1S/C20H18F2N2O3S2/c21-20(22)29-16-9-4-1-6-13(16)23-17(25)12-27-19(26)11-5-10-18-24-14-7-2-3-8-15(14)28-18/h1-4,6-9,20H,5,10-12H2,(H,23,25). The van der Waals surface area contributed by atoms with Gasteiger partial charge in [0.05, 0.1) is 20.9 Å². The molecule has 2 aromatic carbocycles. The number of thioether (sulfide) groups is 1. The van der Waals surface area contributed by atoms with Gasteiger partial charge in [-0.3, -0.25) is 9.59 Å². The van der Waals surface area contributed by atoms with Crippen molar-refractivity contribution in [2.45, 2.75) is 29.9 Å². The number of aryl methyl sites for hydroxylation is 1. The summed E-state index contributed by atoms with van der Waals surface area (Å²) in [6, 6.07) is 14.1. The van der Waals surface area contributed by atoms with Crippen LogP contribution >= 0.6 is 23.1 Å². The number of esters is 1. The number of nitrogens with one attached hydrogen (secondary N) is 1. The van der Waals surface area contributed by atoms with Gasteiger partial charge in [0.2, 0.25) is 0 Å². The van der Waals surface area contributed by atoms with Crippen molar-refractivity contribution in [2.75, 3.05) is 11.9 Å². The maximum absolute atomic E-state index is 12.6. The lowest BCUT2D eigenvalue weighted by molar-refractivity contribution is -0.147. The number of aromatic nitrogens is 1.